The molecule has 0 heterocycles. The molecule has 2 aromatic carbocycles. The van der Waals surface area contributed by atoms with E-state index >= 15 is 0 Å². The van der Waals surface area contributed by atoms with E-state index in [1.54, 1.807) is 20.8 Å². The summed E-state index contributed by atoms with van der Waals surface area (Å²) in [4.78, 5) is 24.7. The average molecular weight is 481 g/mol. The van der Waals surface area contributed by atoms with Crippen LogP contribution >= 0.6 is 22.6 Å². The van der Waals surface area contributed by atoms with Gasteiger partial charge in [-0.15, -0.1) is 0 Å². The molecule has 0 unspecified atom stereocenters. The Morgan fingerprint density at radius 2 is 1.63 bits per heavy atom. The Morgan fingerprint density at radius 1 is 1.00 bits per heavy atom. The van der Waals surface area contributed by atoms with Crippen molar-refractivity contribution < 1.29 is 19.1 Å². The zero-order valence-electron chi connectivity index (χ0n) is 15.7. The number of hydrogen-bond acceptors (Lipinski definition) is 4. The lowest BCUT2D eigenvalue weighted by atomic mass is 10.1. The minimum absolute atomic E-state index is 0.152. The number of esters is 1. The van der Waals surface area contributed by atoms with E-state index in [-0.39, 0.29) is 6.61 Å². The number of halogens is 1. The maximum Gasteiger partial charge on any atom is 0.408 e. The number of hydrogen-bond donors (Lipinski definition) is 1. The van der Waals surface area contributed by atoms with E-state index in [4.69, 9.17) is 9.47 Å². The summed E-state index contributed by atoms with van der Waals surface area (Å²) >= 11 is 2.22. The van der Waals surface area contributed by atoms with E-state index in [9.17, 15) is 9.59 Å². The topological polar surface area (TPSA) is 64.6 Å². The van der Waals surface area contributed by atoms with Gasteiger partial charge in [0.05, 0.1) is 0 Å². The molecule has 0 saturated heterocycles. The van der Waals surface area contributed by atoms with E-state index in [2.05, 4.69) is 27.9 Å². The van der Waals surface area contributed by atoms with Gasteiger partial charge < -0.3 is 14.8 Å². The standard InChI is InChI=1S/C21H24INO4/c1-21(2,3)27-20(25)23-18(13-15-9-11-17(22)12-10-15)19(24)26-14-16-7-5-4-6-8-16/h4-12,18H,13-14H2,1-3H3,(H,23,25)/t18-/m1/s1. The molecular weight excluding hydrogens is 457 g/mol. The summed E-state index contributed by atoms with van der Waals surface area (Å²) in [6, 6.07) is 16.3. The third-order valence-electron chi connectivity index (χ3n) is 3.55. The van der Waals surface area contributed by atoms with Crippen molar-refractivity contribution in [1.29, 1.82) is 0 Å². The maximum absolute atomic E-state index is 12.6. The first-order chi connectivity index (χ1) is 12.7. The Hall–Kier alpha value is -2.09. The lowest BCUT2D eigenvalue weighted by Gasteiger charge is -2.23. The highest BCUT2D eigenvalue weighted by molar-refractivity contribution is 14.1. The summed E-state index contributed by atoms with van der Waals surface area (Å²) in [7, 11) is 0. The van der Waals surface area contributed by atoms with Crippen molar-refractivity contribution in [3.05, 3.63) is 69.3 Å². The van der Waals surface area contributed by atoms with Gasteiger partial charge in [-0.25, -0.2) is 9.59 Å². The van der Waals surface area contributed by atoms with Gasteiger partial charge in [0.25, 0.3) is 0 Å². The van der Waals surface area contributed by atoms with Crippen molar-refractivity contribution in [3.63, 3.8) is 0 Å². The van der Waals surface area contributed by atoms with Crippen LogP contribution < -0.4 is 5.32 Å². The number of alkyl carbamates (subject to hydrolysis) is 1. The van der Waals surface area contributed by atoms with Gasteiger partial charge in [0.2, 0.25) is 0 Å². The van der Waals surface area contributed by atoms with E-state index < -0.39 is 23.7 Å². The van der Waals surface area contributed by atoms with Crippen LogP contribution in [0.15, 0.2) is 54.6 Å². The predicted molar refractivity (Wildman–Crippen MR) is 112 cm³/mol. The summed E-state index contributed by atoms with van der Waals surface area (Å²) < 4.78 is 11.8. The number of carbonyl (C=O) groups excluding carboxylic acids is 2. The van der Waals surface area contributed by atoms with Gasteiger partial charge in [-0.2, -0.15) is 0 Å². The molecule has 0 aliphatic rings. The van der Waals surface area contributed by atoms with Crippen LogP contribution in [-0.4, -0.2) is 23.7 Å². The van der Waals surface area contributed by atoms with Crippen LogP contribution in [0, 0.1) is 3.57 Å². The summed E-state index contributed by atoms with van der Waals surface area (Å²) in [5.41, 5.74) is 1.16. The molecule has 0 bridgehead atoms. The second-order valence-electron chi connectivity index (χ2n) is 7.12. The quantitative estimate of drug-likeness (QED) is 0.489. The molecule has 5 nitrogen and oxygen atoms in total. The molecule has 0 radical (unpaired) electrons. The summed E-state index contributed by atoms with van der Waals surface area (Å²) in [6.07, 6.45) is -0.321. The fourth-order valence-electron chi connectivity index (χ4n) is 2.33. The van der Waals surface area contributed by atoms with Gasteiger partial charge in [0, 0.05) is 9.99 Å². The molecule has 0 spiro atoms. The van der Waals surface area contributed by atoms with Gasteiger partial charge in [-0.3, -0.25) is 0 Å². The van der Waals surface area contributed by atoms with Crippen LogP contribution in [-0.2, 0) is 27.3 Å². The molecule has 2 rings (SSSR count). The smallest absolute Gasteiger partial charge is 0.408 e. The third-order valence-corrected chi connectivity index (χ3v) is 4.27. The molecule has 144 valence electrons. The van der Waals surface area contributed by atoms with E-state index in [1.807, 2.05) is 54.6 Å². The SMILES string of the molecule is CC(C)(C)OC(=O)N[C@H](Cc1ccc(I)cc1)C(=O)OCc1ccccc1. The molecular formula is C21H24INO4. The molecule has 0 aliphatic carbocycles. The van der Waals surface area contributed by atoms with Gasteiger partial charge in [-0.1, -0.05) is 42.5 Å². The monoisotopic (exact) mass is 481 g/mol. The minimum Gasteiger partial charge on any atom is -0.459 e. The van der Waals surface area contributed by atoms with E-state index in [1.165, 1.54) is 0 Å². The van der Waals surface area contributed by atoms with Gasteiger partial charge in [0.15, 0.2) is 0 Å². The second-order valence-corrected chi connectivity index (χ2v) is 8.37. The summed E-state index contributed by atoms with van der Waals surface area (Å²) in [6.45, 7) is 5.47. The molecule has 27 heavy (non-hydrogen) atoms. The first-order valence-electron chi connectivity index (χ1n) is 8.67. The van der Waals surface area contributed by atoms with Gasteiger partial charge in [-0.05, 0) is 66.6 Å². The van der Waals surface area contributed by atoms with Crippen LogP contribution in [0.3, 0.4) is 0 Å². The van der Waals surface area contributed by atoms with Crippen LogP contribution in [0.5, 0.6) is 0 Å². The molecule has 1 atom stereocenters. The lowest BCUT2D eigenvalue weighted by molar-refractivity contribution is -0.147. The van der Waals surface area contributed by atoms with Crippen molar-refractivity contribution in [2.45, 2.75) is 45.4 Å². The van der Waals surface area contributed by atoms with Crippen molar-refractivity contribution in [3.8, 4) is 0 Å². The first-order valence-corrected chi connectivity index (χ1v) is 9.75. The van der Waals surface area contributed by atoms with Crippen LogP contribution in [0.1, 0.15) is 31.9 Å². The molecule has 6 heteroatoms. The fourth-order valence-corrected chi connectivity index (χ4v) is 2.69. The largest absolute Gasteiger partial charge is 0.459 e. The van der Waals surface area contributed by atoms with E-state index in [0.717, 1.165) is 14.7 Å². The Labute approximate surface area is 173 Å². The maximum atomic E-state index is 12.6. The zero-order chi connectivity index (χ0) is 19.9. The molecule has 1 amide bonds. The highest BCUT2D eigenvalue weighted by Gasteiger charge is 2.26. The number of ether oxygens (including phenoxy) is 2. The molecule has 0 aliphatic heterocycles. The summed E-state index contributed by atoms with van der Waals surface area (Å²) in [5, 5.41) is 2.64. The van der Waals surface area contributed by atoms with Crippen molar-refractivity contribution in [2.75, 3.05) is 0 Å². The fraction of sp³-hybridized carbons (Fsp3) is 0.333. The average Bonchev–Trinajstić information content (AvgIpc) is 2.60. The lowest BCUT2D eigenvalue weighted by Crippen LogP contribution is -2.45. The normalized spacial score (nSPS) is 12.1. The number of benzene rings is 2. The number of amides is 1. The number of carbonyl (C=O) groups is 2. The Balaban J connectivity index is 2.06. The first kappa shape index (κ1) is 21.2. The van der Waals surface area contributed by atoms with Gasteiger partial charge in [0.1, 0.15) is 18.2 Å². The Kier molecular flexibility index (Phi) is 7.65. The second kappa shape index (κ2) is 9.73. The van der Waals surface area contributed by atoms with Crippen molar-refractivity contribution in [1.82, 2.24) is 5.32 Å². The zero-order valence-corrected chi connectivity index (χ0v) is 17.9. The molecule has 1 N–H and O–H groups in total. The Bertz CT molecular complexity index is 754. The van der Waals surface area contributed by atoms with Crippen LogP contribution in [0.25, 0.3) is 0 Å². The van der Waals surface area contributed by atoms with Crippen molar-refractivity contribution in [2.24, 2.45) is 0 Å². The highest BCUT2D eigenvalue weighted by Crippen LogP contribution is 2.12. The van der Waals surface area contributed by atoms with Crippen LogP contribution in [0.2, 0.25) is 0 Å². The Morgan fingerprint density at radius 3 is 2.22 bits per heavy atom. The molecule has 0 saturated carbocycles. The van der Waals surface area contributed by atoms with Gasteiger partial charge >= 0.3 is 12.1 Å². The minimum atomic E-state index is -0.830. The summed E-state index contributed by atoms with van der Waals surface area (Å²) in [5.74, 6) is -0.497. The molecule has 2 aromatic rings. The van der Waals surface area contributed by atoms with E-state index in [0.29, 0.717) is 6.42 Å². The predicted octanol–water partition coefficient (Wildman–Crippen LogP) is 4.47. The highest BCUT2D eigenvalue weighted by atomic mass is 127. The number of rotatable bonds is 6. The molecule has 0 aromatic heterocycles. The third kappa shape index (κ3) is 7.99. The van der Waals surface area contributed by atoms with Crippen molar-refractivity contribution >= 4 is 34.7 Å². The molecule has 0 fully saturated rings. The van der Waals surface area contributed by atoms with Crippen LogP contribution in [0.4, 0.5) is 4.79 Å². The number of nitrogens with one attached hydrogen (secondary N) is 1.